The zero-order chi connectivity index (χ0) is 15.5. The largest absolute Gasteiger partial charge is 0.351 e. The number of thiazole rings is 1. The number of benzene rings is 1. The van der Waals surface area contributed by atoms with Gasteiger partial charge in [0.25, 0.3) is 0 Å². The summed E-state index contributed by atoms with van der Waals surface area (Å²) in [5.41, 5.74) is 8.42. The van der Waals surface area contributed by atoms with Crippen LogP contribution in [0.4, 0.5) is 5.13 Å². The lowest BCUT2D eigenvalue weighted by molar-refractivity contribution is 0.566. The van der Waals surface area contributed by atoms with Gasteiger partial charge in [-0.15, -0.1) is 11.3 Å². The van der Waals surface area contributed by atoms with Crippen LogP contribution < -0.4 is 10.6 Å². The molecule has 0 aliphatic carbocycles. The summed E-state index contributed by atoms with van der Waals surface area (Å²) in [4.78, 5) is 8.26. The van der Waals surface area contributed by atoms with Crippen molar-refractivity contribution < 1.29 is 0 Å². The number of aromatic nitrogens is 1. The van der Waals surface area contributed by atoms with Crippen molar-refractivity contribution in [1.82, 2.24) is 4.98 Å². The van der Waals surface area contributed by atoms with E-state index in [9.17, 15) is 0 Å². The molecule has 0 amide bonds. The lowest BCUT2D eigenvalue weighted by Crippen LogP contribution is -2.21. The molecule has 1 aromatic heterocycles. The molecule has 1 heterocycles. The van der Waals surface area contributed by atoms with Crippen LogP contribution in [0.15, 0.2) is 30.3 Å². The van der Waals surface area contributed by atoms with E-state index >= 15 is 0 Å². The summed E-state index contributed by atoms with van der Waals surface area (Å²) < 4.78 is 0. The van der Waals surface area contributed by atoms with Gasteiger partial charge in [-0.1, -0.05) is 51.1 Å². The summed E-state index contributed by atoms with van der Waals surface area (Å²) in [5.74, 6) is 0. The van der Waals surface area contributed by atoms with Crippen LogP contribution in [0.5, 0.6) is 0 Å². The van der Waals surface area contributed by atoms with Crippen molar-refractivity contribution in [3.8, 4) is 0 Å². The fraction of sp³-hybridized carbons (Fsp3) is 0.471. The van der Waals surface area contributed by atoms with E-state index in [4.69, 9.17) is 10.7 Å². The van der Waals surface area contributed by atoms with Crippen LogP contribution in [-0.2, 0) is 18.4 Å². The summed E-state index contributed by atoms with van der Waals surface area (Å²) in [6, 6.07) is 10.6. The molecule has 2 rings (SSSR count). The number of anilines is 1. The number of hydrogen-bond acceptors (Lipinski definition) is 4. The quantitative estimate of drug-likeness (QED) is 0.918. The number of nitrogens with two attached hydrogens (primary N) is 1. The van der Waals surface area contributed by atoms with E-state index in [2.05, 4.69) is 63.1 Å². The van der Waals surface area contributed by atoms with Crippen LogP contribution >= 0.6 is 11.3 Å². The lowest BCUT2D eigenvalue weighted by Gasteiger charge is -2.18. The van der Waals surface area contributed by atoms with Gasteiger partial charge in [0.05, 0.1) is 5.69 Å². The molecule has 0 atom stereocenters. The van der Waals surface area contributed by atoms with Gasteiger partial charge >= 0.3 is 0 Å². The summed E-state index contributed by atoms with van der Waals surface area (Å²) in [6.45, 7) is 8.10. The molecule has 0 saturated heterocycles. The molecule has 2 N–H and O–H groups in total. The highest BCUT2D eigenvalue weighted by Crippen LogP contribution is 2.33. The molecule has 2 aromatic rings. The third-order valence-corrected chi connectivity index (χ3v) is 4.68. The van der Waals surface area contributed by atoms with E-state index < -0.39 is 0 Å². The number of likely N-dealkylation sites (N-methyl/N-ethyl adjacent to an activating group) is 1. The number of hydrogen-bond donors (Lipinski definition) is 1. The second kappa shape index (κ2) is 6.58. The Morgan fingerprint density at radius 1 is 1.19 bits per heavy atom. The van der Waals surface area contributed by atoms with Crippen LogP contribution in [0.2, 0.25) is 0 Å². The van der Waals surface area contributed by atoms with Gasteiger partial charge in [0.2, 0.25) is 0 Å². The molecular weight excluding hydrogens is 278 g/mol. The molecule has 0 spiro atoms. The minimum Gasteiger partial charge on any atom is -0.351 e. The molecule has 0 aliphatic heterocycles. The van der Waals surface area contributed by atoms with Gasteiger partial charge in [-0.25, -0.2) is 4.98 Å². The normalized spacial score (nSPS) is 11.7. The van der Waals surface area contributed by atoms with Gasteiger partial charge in [0.1, 0.15) is 0 Å². The van der Waals surface area contributed by atoms with E-state index in [0.717, 1.165) is 23.8 Å². The second-order valence-electron chi connectivity index (χ2n) is 6.38. The Morgan fingerprint density at radius 3 is 2.38 bits per heavy atom. The first-order valence-corrected chi connectivity index (χ1v) is 8.19. The molecule has 1 aromatic carbocycles. The van der Waals surface area contributed by atoms with Crippen molar-refractivity contribution in [3.63, 3.8) is 0 Å². The molecule has 0 saturated carbocycles. The highest BCUT2D eigenvalue weighted by atomic mass is 32.1. The maximum absolute atomic E-state index is 5.88. The molecular formula is C17H25N3S. The van der Waals surface area contributed by atoms with Crippen molar-refractivity contribution in [1.29, 1.82) is 0 Å². The van der Waals surface area contributed by atoms with Crippen LogP contribution in [0.3, 0.4) is 0 Å². The highest BCUT2D eigenvalue weighted by molar-refractivity contribution is 7.15. The average molecular weight is 303 g/mol. The Morgan fingerprint density at radius 2 is 1.86 bits per heavy atom. The van der Waals surface area contributed by atoms with Crippen molar-refractivity contribution in [2.75, 3.05) is 18.5 Å². The van der Waals surface area contributed by atoms with E-state index in [-0.39, 0.29) is 5.41 Å². The van der Waals surface area contributed by atoms with Gasteiger partial charge in [0, 0.05) is 30.4 Å². The van der Waals surface area contributed by atoms with Crippen LogP contribution in [0.1, 0.15) is 36.9 Å². The fourth-order valence-electron chi connectivity index (χ4n) is 2.26. The zero-order valence-corrected chi connectivity index (χ0v) is 14.2. The molecule has 0 aliphatic rings. The first-order chi connectivity index (χ1) is 9.91. The van der Waals surface area contributed by atoms with Gasteiger partial charge in [0.15, 0.2) is 5.13 Å². The SMILES string of the molecule is CN(CCc1ccccc1)c1nc(C(C)(C)C)c(CN)s1. The van der Waals surface area contributed by atoms with E-state index in [1.54, 1.807) is 11.3 Å². The Bertz CT molecular complexity index is 569. The summed E-state index contributed by atoms with van der Waals surface area (Å²) in [7, 11) is 2.11. The average Bonchev–Trinajstić information content (AvgIpc) is 2.90. The first kappa shape index (κ1) is 16.0. The maximum Gasteiger partial charge on any atom is 0.185 e. The zero-order valence-electron chi connectivity index (χ0n) is 13.4. The third kappa shape index (κ3) is 4.05. The molecule has 21 heavy (non-hydrogen) atoms. The Labute approximate surface area is 131 Å². The second-order valence-corrected chi connectivity index (χ2v) is 7.44. The van der Waals surface area contributed by atoms with Crippen molar-refractivity contribution >= 4 is 16.5 Å². The smallest absolute Gasteiger partial charge is 0.185 e. The predicted octanol–water partition coefficient (Wildman–Crippen LogP) is 3.58. The summed E-state index contributed by atoms with van der Waals surface area (Å²) in [6.07, 6.45) is 1.03. The minimum absolute atomic E-state index is 0.0454. The van der Waals surface area contributed by atoms with Gasteiger partial charge in [-0.05, 0) is 12.0 Å². The molecule has 0 radical (unpaired) electrons. The lowest BCUT2D eigenvalue weighted by atomic mass is 9.91. The molecule has 0 bridgehead atoms. The number of nitrogens with zero attached hydrogens (tertiary/aromatic N) is 2. The Hall–Kier alpha value is -1.39. The molecule has 0 fully saturated rings. The molecule has 3 nitrogen and oxygen atoms in total. The monoisotopic (exact) mass is 303 g/mol. The predicted molar refractivity (Wildman–Crippen MR) is 92.1 cm³/mol. The van der Waals surface area contributed by atoms with Crippen LogP contribution in [0, 0.1) is 0 Å². The third-order valence-electron chi connectivity index (χ3n) is 3.49. The molecule has 0 unspecified atom stereocenters. The minimum atomic E-state index is 0.0454. The van der Waals surface area contributed by atoms with Crippen molar-refractivity contribution in [2.45, 2.75) is 39.2 Å². The standard InChI is InChI=1S/C17H25N3S/c1-17(2,3)15-14(12-18)21-16(19-15)20(4)11-10-13-8-6-5-7-9-13/h5-9H,10-12,18H2,1-4H3. The highest BCUT2D eigenvalue weighted by Gasteiger charge is 2.23. The Balaban J connectivity index is 2.09. The van der Waals surface area contributed by atoms with E-state index in [1.165, 1.54) is 10.4 Å². The van der Waals surface area contributed by atoms with E-state index in [0.29, 0.717) is 6.54 Å². The van der Waals surface area contributed by atoms with Crippen molar-refractivity contribution in [2.24, 2.45) is 5.73 Å². The molecule has 114 valence electrons. The Kier molecular flexibility index (Phi) is 5.01. The fourth-order valence-corrected chi connectivity index (χ4v) is 3.40. The summed E-state index contributed by atoms with van der Waals surface area (Å²) in [5, 5.41) is 1.07. The van der Waals surface area contributed by atoms with Crippen LogP contribution in [-0.4, -0.2) is 18.6 Å². The van der Waals surface area contributed by atoms with Crippen molar-refractivity contribution in [3.05, 3.63) is 46.5 Å². The molecule has 4 heteroatoms. The number of rotatable bonds is 5. The van der Waals surface area contributed by atoms with Gasteiger partial charge in [-0.3, -0.25) is 0 Å². The maximum atomic E-state index is 5.88. The van der Waals surface area contributed by atoms with Crippen LogP contribution in [0.25, 0.3) is 0 Å². The van der Waals surface area contributed by atoms with Gasteiger partial charge < -0.3 is 10.6 Å². The van der Waals surface area contributed by atoms with Gasteiger partial charge in [-0.2, -0.15) is 0 Å². The topological polar surface area (TPSA) is 42.2 Å². The summed E-state index contributed by atoms with van der Waals surface area (Å²) >= 11 is 1.72. The first-order valence-electron chi connectivity index (χ1n) is 7.37. The van der Waals surface area contributed by atoms with E-state index in [1.807, 2.05) is 0 Å².